The first-order valence-electron chi connectivity index (χ1n) is 3.84. The van der Waals surface area contributed by atoms with E-state index in [1.807, 2.05) is 0 Å². The minimum absolute atomic E-state index is 0.184. The second-order valence-corrected chi connectivity index (χ2v) is 2.38. The van der Waals surface area contributed by atoms with Crippen LogP contribution in [0.15, 0.2) is 30.8 Å². The first-order valence-corrected chi connectivity index (χ1v) is 12.9. The molecule has 0 saturated carbocycles. The molecule has 1 aromatic carbocycles. The van der Waals surface area contributed by atoms with Gasteiger partial charge in [0.05, 0.1) is 0 Å². The molecule has 0 spiro atoms. The van der Waals surface area contributed by atoms with Crippen LogP contribution >= 0.6 is 19.8 Å². The van der Waals surface area contributed by atoms with Gasteiger partial charge in [-0.15, -0.1) is 0 Å². The average Bonchev–Trinajstić information content (AvgIpc) is 2.20. The fourth-order valence-electron chi connectivity index (χ4n) is 0.884. The third-order valence-corrected chi connectivity index (χ3v) is 1.50. The molecule has 0 bridgehead atoms. The Morgan fingerprint density at radius 3 is 2.31 bits per heavy atom. The van der Waals surface area contributed by atoms with Crippen molar-refractivity contribution in [2.75, 3.05) is 0 Å². The molecule has 0 aliphatic carbocycles. The van der Waals surface area contributed by atoms with E-state index >= 15 is 0 Å². The molecule has 0 fully saturated rings. The maximum absolute atomic E-state index is 12.4. The van der Waals surface area contributed by atoms with Crippen molar-refractivity contribution in [2.45, 2.75) is 12.8 Å². The average molecular weight is 341 g/mol. The van der Waals surface area contributed by atoms with E-state index < -0.39 is 0 Å². The third-order valence-electron chi connectivity index (χ3n) is 1.50. The molecule has 13 heavy (non-hydrogen) atoms. The van der Waals surface area contributed by atoms with Gasteiger partial charge in [0.2, 0.25) is 0 Å². The number of hydrogen-bond acceptors (Lipinski definition) is 0. The normalized spacial score (nSPS) is 8.62. The molecule has 1 rings (SSSR count). The van der Waals surface area contributed by atoms with E-state index in [0.717, 1.165) is 18.4 Å². The van der Waals surface area contributed by atoms with Crippen molar-refractivity contribution in [3.05, 3.63) is 48.3 Å². The van der Waals surface area contributed by atoms with E-state index in [1.165, 1.54) is 26.9 Å². The van der Waals surface area contributed by atoms with Crippen molar-refractivity contribution in [1.29, 1.82) is 0 Å². The second kappa shape index (κ2) is 8.82. The van der Waals surface area contributed by atoms with E-state index in [0.29, 0.717) is 0 Å². The van der Waals surface area contributed by atoms with Crippen molar-refractivity contribution in [3.63, 3.8) is 0 Å². The zero-order valence-corrected chi connectivity index (χ0v) is 12.5. The van der Waals surface area contributed by atoms with Gasteiger partial charge in [-0.25, -0.2) is 4.39 Å². The number of rotatable bonds is 3. The standard InChI is InChI=1S/C10H10F.HI.Zn/c1-2-3-4-9-5-7-10(11)8-6-9;;/h5-8H,1,3-4H2;1H;/q-1;;+2/p-1. The van der Waals surface area contributed by atoms with Crippen molar-refractivity contribution in [2.24, 2.45) is 0 Å². The van der Waals surface area contributed by atoms with Gasteiger partial charge in [0.1, 0.15) is 5.82 Å². The van der Waals surface area contributed by atoms with Crippen LogP contribution in [0.2, 0.25) is 0 Å². The zero-order chi connectivity index (χ0) is 10.1. The molecule has 0 aliphatic rings. The Morgan fingerprint density at radius 2 is 1.85 bits per heavy atom. The molecular weight excluding hydrogens is 331 g/mol. The van der Waals surface area contributed by atoms with Crippen molar-refractivity contribution < 1.29 is 19.2 Å². The SMILES string of the molecule is C=[C-]CCc1ccc(F)cc1.[Zn+][I]. The summed E-state index contributed by atoms with van der Waals surface area (Å²) in [6.45, 7) is 3.49. The van der Waals surface area contributed by atoms with Crippen LogP contribution in [0.4, 0.5) is 4.39 Å². The first-order chi connectivity index (χ1) is 6.33. The number of allylic oxidation sites excluding steroid dienone is 1. The van der Waals surface area contributed by atoms with Crippen LogP contribution in [0.5, 0.6) is 0 Å². The van der Waals surface area contributed by atoms with E-state index in [1.54, 1.807) is 12.1 Å². The van der Waals surface area contributed by atoms with Crippen molar-refractivity contribution in [3.8, 4) is 0 Å². The van der Waals surface area contributed by atoms with E-state index in [-0.39, 0.29) is 5.82 Å². The summed E-state index contributed by atoms with van der Waals surface area (Å²) in [6.07, 6.45) is 4.50. The van der Waals surface area contributed by atoms with Crippen LogP contribution in [-0.4, -0.2) is 0 Å². The second-order valence-electron chi connectivity index (χ2n) is 2.38. The topological polar surface area (TPSA) is 0 Å². The molecule has 0 radical (unpaired) electrons. The minimum atomic E-state index is -0.184. The molecule has 1 aromatic rings. The Hall–Kier alpha value is 0.243. The Morgan fingerprint density at radius 1 is 1.31 bits per heavy atom. The van der Waals surface area contributed by atoms with Crippen LogP contribution in [0.1, 0.15) is 12.0 Å². The predicted molar refractivity (Wildman–Crippen MR) is 57.6 cm³/mol. The van der Waals surface area contributed by atoms with E-state index in [2.05, 4.69) is 32.4 Å². The van der Waals surface area contributed by atoms with Gasteiger partial charge in [-0.3, -0.25) is 6.58 Å². The third kappa shape index (κ3) is 6.33. The first kappa shape index (κ1) is 13.2. The van der Waals surface area contributed by atoms with Crippen LogP contribution in [0, 0.1) is 11.9 Å². The number of hydrogen-bond donors (Lipinski definition) is 0. The Labute approximate surface area is 99.5 Å². The van der Waals surface area contributed by atoms with Crippen LogP contribution in [0.25, 0.3) is 0 Å². The zero-order valence-electron chi connectivity index (χ0n) is 7.39. The molecule has 0 nitrogen and oxygen atoms in total. The van der Waals surface area contributed by atoms with Gasteiger partial charge in [-0.05, 0) is 12.1 Å². The quantitative estimate of drug-likeness (QED) is 0.447. The molecule has 0 aromatic heterocycles. The number of halogens is 2. The molecule has 0 saturated heterocycles. The molecule has 66 valence electrons. The van der Waals surface area contributed by atoms with Gasteiger partial charge in [-0.1, -0.05) is 24.1 Å². The van der Waals surface area contributed by atoms with Gasteiger partial charge in [0.15, 0.2) is 0 Å². The predicted octanol–water partition coefficient (Wildman–Crippen LogP) is 3.63. The molecule has 0 heterocycles. The van der Waals surface area contributed by atoms with Gasteiger partial charge >= 0.3 is 34.5 Å². The van der Waals surface area contributed by atoms with Crippen LogP contribution in [0.3, 0.4) is 0 Å². The molecular formula is C10H10FIZn. The maximum atomic E-state index is 12.4. The van der Waals surface area contributed by atoms with Crippen LogP contribution in [-0.2, 0) is 21.2 Å². The summed E-state index contributed by atoms with van der Waals surface area (Å²) in [6, 6.07) is 6.51. The fourth-order valence-corrected chi connectivity index (χ4v) is 0.884. The number of aryl methyl sites for hydroxylation is 1. The Bertz CT molecular complexity index is 233. The summed E-state index contributed by atoms with van der Waals surface area (Å²) in [5.74, 6) is -0.184. The molecule has 0 atom stereocenters. The Balaban J connectivity index is 0.000000671. The number of benzene rings is 1. The summed E-state index contributed by atoms with van der Waals surface area (Å²) in [5, 5.41) is 0. The van der Waals surface area contributed by atoms with Crippen molar-refractivity contribution in [1.82, 2.24) is 0 Å². The van der Waals surface area contributed by atoms with Gasteiger partial charge in [0, 0.05) is 0 Å². The monoisotopic (exact) mass is 340 g/mol. The summed E-state index contributed by atoms with van der Waals surface area (Å²) in [5.41, 5.74) is 1.13. The molecule has 0 unspecified atom stereocenters. The summed E-state index contributed by atoms with van der Waals surface area (Å²) < 4.78 is 12.4. The van der Waals surface area contributed by atoms with Gasteiger partial charge in [0.25, 0.3) is 0 Å². The van der Waals surface area contributed by atoms with Crippen molar-refractivity contribution >= 4 is 19.8 Å². The summed E-state index contributed by atoms with van der Waals surface area (Å²) >= 11 is 3.62. The van der Waals surface area contributed by atoms with Gasteiger partial charge in [-0.2, -0.15) is 6.42 Å². The molecule has 3 heteroatoms. The molecule has 0 amide bonds. The molecule has 0 N–H and O–H groups in total. The fraction of sp³-hybridized carbons (Fsp3) is 0.200. The van der Waals surface area contributed by atoms with E-state index in [4.69, 9.17) is 0 Å². The van der Waals surface area contributed by atoms with Crippen LogP contribution < -0.4 is 0 Å². The van der Waals surface area contributed by atoms with E-state index in [9.17, 15) is 4.39 Å². The molecule has 0 aliphatic heterocycles. The van der Waals surface area contributed by atoms with Gasteiger partial charge < -0.3 is 6.08 Å². The summed E-state index contributed by atoms with van der Waals surface area (Å²) in [7, 11) is 0. The summed E-state index contributed by atoms with van der Waals surface area (Å²) in [4.78, 5) is 0. The Kier molecular flexibility index (Phi) is 8.99.